The number of carbonyl (C=O) groups is 1. The summed E-state index contributed by atoms with van der Waals surface area (Å²) < 4.78 is 27.1. The predicted octanol–water partition coefficient (Wildman–Crippen LogP) is 2.82. The number of carbonyl (C=O) groups excluding carboxylic acids is 1. The van der Waals surface area contributed by atoms with Crippen molar-refractivity contribution < 1.29 is 13.2 Å². The van der Waals surface area contributed by atoms with E-state index in [-0.39, 0.29) is 12.5 Å². The zero-order valence-electron chi connectivity index (χ0n) is 16.3. The summed E-state index contributed by atoms with van der Waals surface area (Å²) in [7, 11) is -3.41. The first-order valence-electron chi connectivity index (χ1n) is 9.62. The number of hydrogen-bond donors (Lipinski definition) is 1. The first-order chi connectivity index (χ1) is 13.5. The molecule has 0 radical (unpaired) electrons. The molecule has 0 saturated carbocycles. The van der Waals surface area contributed by atoms with Gasteiger partial charge in [-0.05, 0) is 35.4 Å². The fourth-order valence-corrected chi connectivity index (χ4v) is 6.02. The van der Waals surface area contributed by atoms with E-state index in [0.717, 1.165) is 29.7 Å². The van der Waals surface area contributed by atoms with Crippen LogP contribution in [-0.2, 0) is 27.7 Å². The number of anilines is 1. The number of para-hydroxylation sites is 1. The zero-order chi connectivity index (χ0) is 20.1. The normalized spacial score (nSPS) is 16.2. The highest BCUT2D eigenvalue weighted by atomic mass is 32.2. The number of rotatable bonds is 7. The standard InChI is InChI=1S/C20H27N3O3S2/c1-3-16-7-5-8-17(4-2)20(16)21-18(24)15-22-10-12-23(13-11-22)28(25,26)19-9-6-14-27-19/h5-9,14H,3-4,10-13,15H2,1-2H3,(H,21,24). The van der Waals surface area contributed by atoms with E-state index in [9.17, 15) is 13.2 Å². The van der Waals surface area contributed by atoms with Gasteiger partial charge < -0.3 is 5.32 Å². The molecule has 6 nitrogen and oxygen atoms in total. The Kier molecular flexibility index (Phi) is 6.87. The van der Waals surface area contributed by atoms with Crippen LogP contribution in [0.15, 0.2) is 39.9 Å². The summed E-state index contributed by atoms with van der Waals surface area (Å²) in [6.07, 6.45) is 1.73. The lowest BCUT2D eigenvalue weighted by Crippen LogP contribution is -2.50. The van der Waals surface area contributed by atoms with Gasteiger partial charge in [-0.3, -0.25) is 9.69 Å². The van der Waals surface area contributed by atoms with Crippen LogP contribution in [0.2, 0.25) is 0 Å². The largest absolute Gasteiger partial charge is 0.324 e. The van der Waals surface area contributed by atoms with Crippen LogP contribution in [0.4, 0.5) is 5.69 Å². The van der Waals surface area contributed by atoms with Crippen LogP contribution in [-0.4, -0.2) is 56.3 Å². The average Bonchev–Trinajstić information content (AvgIpc) is 3.24. The molecular formula is C20H27N3O3S2. The zero-order valence-corrected chi connectivity index (χ0v) is 18.0. The Morgan fingerprint density at radius 3 is 2.21 bits per heavy atom. The third-order valence-corrected chi connectivity index (χ3v) is 8.32. The van der Waals surface area contributed by atoms with E-state index in [1.807, 2.05) is 23.1 Å². The van der Waals surface area contributed by atoms with Crippen LogP contribution in [0, 0.1) is 0 Å². The van der Waals surface area contributed by atoms with Gasteiger partial charge in [0, 0.05) is 31.9 Å². The molecule has 0 atom stereocenters. The van der Waals surface area contributed by atoms with Crippen LogP contribution in [0.3, 0.4) is 0 Å². The minimum Gasteiger partial charge on any atom is -0.324 e. The number of sulfonamides is 1. The molecule has 0 spiro atoms. The van der Waals surface area contributed by atoms with E-state index in [1.165, 1.54) is 15.6 Å². The predicted molar refractivity (Wildman–Crippen MR) is 113 cm³/mol. The van der Waals surface area contributed by atoms with Crippen molar-refractivity contribution in [3.8, 4) is 0 Å². The molecule has 28 heavy (non-hydrogen) atoms. The summed E-state index contributed by atoms with van der Waals surface area (Å²) in [6.45, 7) is 6.34. The summed E-state index contributed by atoms with van der Waals surface area (Å²) in [6, 6.07) is 9.50. The number of nitrogens with one attached hydrogen (secondary N) is 1. The Balaban J connectivity index is 1.58. The van der Waals surface area contributed by atoms with Crippen molar-refractivity contribution in [2.45, 2.75) is 30.9 Å². The Bertz CT molecular complexity index is 881. The van der Waals surface area contributed by atoms with Crippen LogP contribution >= 0.6 is 11.3 Å². The monoisotopic (exact) mass is 421 g/mol. The molecule has 0 unspecified atom stereocenters. The highest BCUT2D eigenvalue weighted by Gasteiger charge is 2.29. The van der Waals surface area contributed by atoms with Gasteiger partial charge in [0.05, 0.1) is 6.54 Å². The molecule has 2 heterocycles. The number of nitrogens with zero attached hydrogens (tertiary/aromatic N) is 2. The van der Waals surface area contributed by atoms with Crippen LogP contribution in [0.25, 0.3) is 0 Å². The molecule has 1 aromatic carbocycles. The minimum atomic E-state index is -3.41. The molecule has 1 aliphatic rings. The Morgan fingerprint density at radius 1 is 1.04 bits per heavy atom. The topological polar surface area (TPSA) is 69.7 Å². The molecule has 1 saturated heterocycles. The van der Waals surface area contributed by atoms with E-state index in [2.05, 4.69) is 19.2 Å². The van der Waals surface area contributed by atoms with Crippen molar-refractivity contribution in [2.75, 3.05) is 38.0 Å². The van der Waals surface area contributed by atoms with Gasteiger partial charge in [-0.1, -0.05) is 38.1 Å². The second-order valence-electron chi connectivity index (χ2n) is 6.82. The van der Waals surface area contributed by atoms with Crippen molar-refractivity contribution >= 4 is 33.0 Å². The number of benzene rings is 1. The number of aryl methyl sites for hydroxylation is 2. The molecule has 3 rings (SSSR count). The van der Waals surface area contributed by atoms with Gasteiger partial charge in [0.2, 0.25) is 5.91 Å². The van der Waals surface area contributed by atoms with Crippen molar-refractivity contribution in [2.24, 2.45) is 0 Å². The molecule has 0 aliphatic carbocycles. The maximum absolute atomic E-state index is 12.6. The third kappa shape index (κ3) is 4.63. The summed E-state index contributed by atoms with van der Waals surface area (Å²) in [4.78, 5) is 14.6. The highest BCUT2D eigenvalue weighted by Crippen LogP contribution is 2.23. The number of hydrogen-bond acceptors (Lipinski definition) is 5. The fraction of sp³-hybridized carbons (Fsp3) is 0.450. The molecule has 1 amide bonds. The summed E-state index contributed by atoms with van der Waals surface area (Å²) in [5, 5.41) is 4.85. The summed E-state index contributed by atoms with van der Waals surface area (Å²) in [5.74, 6) is -0.0508. The van der Waals surface area contributed by atoms with E-state index < -0.39 is 10.0 Å². The molecule has 152 valence electrons. The van der Waals surface area contributed by atoms with Gasteiger partial charge in [-0.25, -0.2) is 8.42 Å². The first kappa shape index (κ1) is 21.0. The number of amides is 1. The summed E-state index contributed by atoms with van der Waals surface area (Å²) >= 11 is 1.24. The van der Waals surface area contributed by atoms with Crippen LogP contribution in [0.1, 0.15) is 25.0 Å². The van der Waals surface area contributed by atoms with Crippen molar-refractivity contribution in [1.29, 1.82) is 0 Å². The maximum Gasteiger partial charge on any atom is 0.252 e. The lowest BCUT2D eigenvalue weighted by Gasteiger charge is -2.33. The van der Waals surface area contributed by atoms with Gasteiger partial charge in [-0.15, -0.1) is 11.3 Å². The quantitative estimate of drug-likeness (QED) is 0.746. The van der Waals surface area contributed by atoms with Crippen LogP contribution in [0.5, 0.6) is 0 Å². The smallest absolute Gasteiger partial charge is 0.252 e. The molecule has 1 aliphatic heterocycles. The molecular weight excluding hydrogens is 394 g/mol. The molecule has 8 heteroatoms. The average molecular weight is 422 g/mol. The second kappa shape index (κ2) is 9.17. The minimum absolute atomic E-state index is 0.0508. The molecule has 1 fully saturated rings. The molecule has 2 aromatic rings. The Hall–Kier alpha value is -1.74. The Morgan fingerprint density at radius 2 is 1.68 bits per heavy atom. The maximum atomic E-state index is 12.6. The fourth-order valence-electron chi connectivity index (χ4n) is 3.45. The van der Waals surface area contributed by atoms with E-state index in [1.54, 1.807) is 17.5 Å². The number of piperazine rings is 1. The molecule has 0 bridgehead atoms. The van der Waals surface area contributed by atoms with E-state index in [0.29, 0.717) is 30.4 Å². The highest BCUT2D eigenvalue weighted by molar-refractivity contribution is 7.91. The van der Waals surface area contributed by atoms with Crippen molar-refractivity contribution in [1.82, 2.24) is 9.21 Å². The molecule has 1 aromatic heterocycles. The van der Waals surface area contributed by atoms with Gasteiger partial charge >= 0.3 is 0 Å². The lowest BCUT2D eigenvalue weighted by atomic mass is 10.0. The van der Waals surface area contributed by atoms with E-state index in [4.69, 9.17) is 0 Å². The second-order valence-corrected chi connectivity index (χ2v) is 9.93. The first-order valence-corrected chi connectivity index (χ1v) is 11.9. The molecule has 1 N–H and O–H groups in total. The van der Waals surface area contributed by atoms with Gasteiger partial charge in [0.1, 0.15) is 4.21 Å². The van der Waals surface area contributed by atoms with Crippen molar-refractivity contribution in [3.05, 3.63) is 46.8 Å². The summed E-state index contributed by atoms with van der Waals surface area (Å²) in [5.41, 5.74) is 3.20. The van der Waals surface area contributed by atoms with Gasteiger partial charge in [0.25, 0.3) is 10.0 Å². The van der Waals surface area contributed by atoms with E-state index >= 15 is 0 Å². The van der Waals surface area contributed by atoms with Crippen LogP contribution < -0.4 is 5.32 Å². The van der Waals surface area contributed by atoms with Gasteiger partial charge in [-0.2, -0.15) is 4.31 Å². The van der Waals surface area contributed by atoms with Crippen molar-refractivity contribution in [3.63, 3.8) is 0 Å². The Labute approximate surface area is 171 Å². The lowest BCUT2D eigenvalue weighted by molar-refractivity contribution is -0.117. The van der Waals surface area contributed by atoms with Gasteiger partial charge in [0.15, 0.2) is 0 Å². The third-order valence-electron chi connectivity index (χ3n) is 5.05. The SMILES string of the molecule is CCc1cccc(CC)c1NC(=O)CN1CCN(S(=O)(=O)c2cccs2)CC1. The number of thiophene rings is 1.